The molecule has 8 N–H and O–H groups in total. The van der Waals surface area contributed by atoms with Crippen molar-refractivity contribution in [1.82, 2.24) is 5.32 Å². The Morgan fingerprint density at radius 3 is 2.46 bits per heavy atom. The molecule has 210 valence electrons. The van der Waals surface area contributed by atoms with Crippen molar-refractivity contribution < 1.29 is 69.3 Å². The maximum atomic E-state index is 11.9. The number of carbonyl (C=O) groups excluding carboxylic acids is 1. The predicted molar refractivity (Wildman–Crippen MR) is 124 cm³/mol. The molecule has 15 heteroatoms. The van der Waals surface area contributed by atoms with E-state index in [4.69, 9.17) is 9.47 Å². The van der Waals surface area contributed by atoms with Crippen molar-refractivity contribution in [2.75, 3.05) is 6.61 Å². The molecule has 0 saturated carbocycles. The first-order chi connectivity index (χ1) is 18.4. The summed E-state index contributed by atoms with van der Waals surface area (Å²) >= 11 is 0. The molecule has 0 aliphatic carbocycles. The number of aromatic hydroxyl groups is 1. The topological polar surface area (TPSA) is 249 Å². The minimum absolute atomic E-state index is 0.0869. The van der Waals surface area contributed by atoms with Crippen LogP contribution in [-0.2, 0) is 25.5 Å². The van der Waals surface area contributed by atoms with Crippen molar-refractivity contribution in [1.29, 1.82) is 0 Å². The summed E-state index contributed by atoms with van der Waals surface area (Å²) in [7, 11) is 0. The number of aliphatic hydroxyl groups is 4. The van der Waals surface area contributed by atoms with Crippen LogP contribution in [-0.4, -0.2) is 114 Å². The number of fused-ring (bicyclic) bond motifs is 1. The van der Waals surface area contributed by atoms with Gasteiger partial charge in [-0.25, -0.2) is 9.59 Å². The zero-order valence-corrected chi connectivity index (χ0v) is 20.1. The van der Waals surface area contributed by atoms with E-state index < -0.39 is 73.1 Å². The Hall–Kier alpha value is -4.02. The number of hydrogen-bond donors (Lipinski definition) is 8. The zero-order valence-electron chi connectivity index (χ0n) is 20.1. The Bertz CT molecular complexity index is 1270. The van der Waals surface area contributed by atoms with Crippen LogP contribution >= 0.6 is 0 Å². The molecule has 2 unspecified atom stereocenters. The third kappa shape index (κ3) is 5.57. The van der Waals surface area contributed by atoms with Crippen LogP contribution in [0.2, 0.25) is 0 Å². The Labute approximate surface area is 219 Å². The summed E-state index contributed by atoms with van der Waals surface area (Å²) < 4.78 is 12.0. The van der Waals surface area contributed by atoms with Gasteiger partial charge in [-0.2, -0.15) is 4.58 Å². The van der Waals surface area contributed by atoms with Crippen LogP contribution in [0.15, 0.2) is 35.6 Å². The number of phenolic OH excluding ortho intramolecular Hbond substituents is 1. The van der Waals surface area contributed by atoms with E-state index in [0.29, 0.717) is 5.56 Å². The Morgan fingerprint density at radius 2 is 1.85 bits per heavy atom. The van der Waals surface area contributed by atoms with Gasteiger partial charge in [0.15, 0.2) is 17.7 Å². The Morgan fingerprint density at radius 1 is 1.13 bits per heavy atom. The number of phenols is 1. The molecule has 0 aromatic heterocycles. The van der Waals surface area contributed by atoms with Crippen LogP contribution in [0, 0.1) is 0 Å². The highest BCUT2D eigenvalue weighted by molar-refractivity contribution is 5.89. The van der Waals surface area contributed by atoms with Crippen molar-refractivity contribution >= 4 is 29.8 Å². The van der Waals surface area contributed by atoms with E-state index in [0.717, 1.165) is 0 Å². The smallest absolute Gasteiger partial charge is 0.351 e. The number of nitrogens with zero attached hydrogens (tertiary/aromatic N) is 1. The summed E-state index contributed by atoms with van der Waals surface area (Å²) in [6, 6.07) is -0.00207. The van der Waals surface area contributed by atoms with Gasteiger partial charge in [0.2, 0.25) is 18.0 Å². The number of rotatable bonds is 7. The first-order valence-electron chi connectivity index (χ1n) is 11.7. The number of carboxylic acid groups (broad SMARTS) is 3. The molecule has 1 fully saturated rings. The molecule has 1 aromatic carbocycles. The molecule has 39 heavy (non-hydrogen) atoms. The zero-order chi connectivity index (χ0) is 28.6. The molecule has 1 saturated heterocycles. The minimum atomic E-state index is -1.74. The number of aliphatic carboxylic acids is 3. The third-order valence-corrected chi connectivity index (χ3v) is 6.63. The van der Waals surface area contributed by atoms with Crippen molar-refractivity contribution in [3.8, 4) is 11.5 Å². The fourth-order valence-corrected chi connectivity index (χ4v) is 4.57. The Balaban J connectivity index is 1.66. The molecule has 7 atom stereocenters. The first kappa shape index (κ1) is 28.0. The van der Waals surface area contributed by atoms with Crippen LogP contribution in [0.25, 0.3) is 0 Å². The molecule has 3 heterocycles. The second-order valence-corrected chi connectivity index (χ2v) is 9.20. The molecule has 0 amide bonds. The highest BCUT2D eigenvalue weighted by Gasteiger charge is 2.45. The van der Waals surface area contributed by atoms with Gasteiger partial charge in [-0.1, -0.05) is 0 Å². The van der Waals surface area contributed by atoms with Crippen LogP contribution in [0.4, 0.5) is 5.69 Å². The van der Waals surface area contributed by atoms with Gasteiger partial charge in [0, 0.05) is 24.5 Å². The largest absolute Gasteiger partial charge is 0.543 e. The van der Waals surface area contributed by atoms with Crippen LogP contribution in [0.3, 0.4) is 0 Å². The van der Waals surface area contributed by atoms with Gasteiger partial charge in [-0.15, -0.1) is 0 Å². The molecule has 3 aliphatic rings. The van der Waals surface area contributed by atoms with Crippen LogP contribution < -0.4 is 15.2 Å². The second-order valence-electron chi connectivity index (χ2n) is 9.20. The van der Waals surface area contributed by atoms with E-state index in [1.54, 1.807) is 0 Å². The van der Waals surface area contributed by atoms with Crippen LogP contribution in [0.1, 0.15) is 12.0 Å². The van der Waals surface area contributed by atoms with Crippen molar-refractivity contribution in [2.24, 2.45) is 0 Å². The lowest BCUT2D eigenvalue weighted by atomic mass is 9.99. The number of carbonyl (C=O) groups is 3. The molecule has 1 aromatic rings. The summed E-state index contributed by atoms with van der Waals surface area (Å²) in [4.78, 5) is 34.7. The van der Waals surface area contributed by atoms with Gasteiger partial charge in [0.05, 0.1) is 12.7 Å². The van der Waals surface area contributed by atoms with E-state index >= 15 is 0 Å². The van der Waals surface area contributed by atoms with E-state index in [9.17, 15) is 55.2 Å². The molecule has 0 radical (unpaired) electrons. The van der Waals surface area contributed by atoms with Crippen molar-refractivity contribution in [2.45, 2.75) is 55.6 Å². The van der Waals surface area contributed by atoms with Gasteiger partial charge >= 0.3 is 11.9 Å². The summed E-state index contributed by atoms with van der Waals surface area (Å²) in [5, 5.41) is 82.9. The normalized spacial score (nSPS) is 32.3. The number of nitrogens with one attached hydrogen (secondary N) is 1. The number of ether oxygens (including phenoxy) is 2. The molecular formula is C24H26N2O13. The molecule has 0 bridgehead atoms. The number of benzene rings is 1. The highest BCUT2D eigenvalue weighted by Crippen LogP contribution is 2.40. The minimum Gasteiger partial charge on any atom is -0.543 e. The van der Waals surface area contributed by atoms with Crippen molar-refractivity contribution in [3.05, 3.63) is 41.1 Å². The standard InChI is InChI=1S/C24H26N2O13/c27-8-17-18(29)19(30)20(31)24(39-17)38-16-6-10-5-14(23(36)37)26(13(10)7-15(16)28)2-1-9-3-11(21(32)33)25-12(4-9)22(34)35/h1-3,6-7,12,14,17-20,24,27,29-31H,4-5,8H2,(H4,28,32,33,34,35,36,37)/t12?,14?,17-,18-,19+,20-,24-/m1/s1. The van der Waals surface area contributed by atoms with Gasteiger partial charge < -0.3 is 60.4 Å². The third-order valence-electron chi connectivity index (χ3n) is 6.63. The number of carboxylic acids is 3. The SMILES string of the molecule is O=C(O)C1=C/C(=C\C=[N+]2c3cc(O)c(O[C@@H]4O[C@H](CO)[C@@H](O)[C@H](O)[C@H]4O)cc3CC2C(=O)[O-])CC(C(=O)O)N1. The predicted octanol–water partition coefficient (Wildman–Crippen LogP) is -3.70. The lowest BCUT2D eigenvalue weighted by Crippen LogP contribution is -2.60. The fraction of sp³-hybridized carbons (Fsp3) is 0.417. The molecule has 0 spiro atoms. The molecule has 3 aliphatic heterocycles. The summed E-state index contributed by atoms with van der Waals surface area (Å²) in [6.07, 6.45) is -4.24. The highest BCUT2D eigenvalue weighted by atomic mass is 16.7. The Kier molecular flexibility index (Phi) is 7.89. The first-order valence-corrected chi connectivity index (χ1v) is 11.7. The second kappa shape index (κ2) is 11.0. The van der Waals surface area contributed by atoms with E-state index in [1.165, 1.54) is 35.1 Å². The van der Waals surface area contributed by atoms with Crippen LogP contribution in [0.5, 0.6) is 11.5 Å². The van der Waals surface area contributed by atoms with Gasteiger partial charge in [-0.3, -0.25) is 0 Å². The molecular weight excluding hydrogens is 524 g/mol. The average molecular weight is 550 g/mol. The lowest BCUT2D eigenvalue weighted by molar-refractivity contribution is -0.475. The van der Waals surface area contributed by atoms with Crippen molar-refractivity contribution in [3.63, 3.8) is 0 Å². The number of allylic oxidation sites excluding steroid dienone is 2. The van der Waals surface area contributed by atoms with Gasteiger partial charge in [-0.05, 0) is 17.7 Å². The maximum Gasteiger partial charge on any atom is 0.351 e. The summed E-state index contributed by atoms with van der Waals surface area (Å²) in [5.74, 6) is -4.86. The monoisotopic (exact) mass is 550 g/mol. The number of hydrogen-bond acceptors (Lipinski definition) is 12. The summed E-state index contributed by atoms with van der Waals surface area (Å²) in [5.41, 5.74) is 0.535. The van der Waals surface area contributed by atoms with E-state index in [1.807, 2.05) is 0 Å². The average Bonchev–Trinajstić information content (AvgIpc) is 3.24. The number of aliphatic hydroxyl groups excluding tert-OH is 4. The lowest BCUT2D eigenvalue weighted by Gasteiger charge is -2.39. The van der Waals surface area contributed by atoms with Gasteiger partial charge in [0.25, 0.3) is 0 Å². The van der Waals surface area contributed by atoms with E-state index in [-0.39, 0.29) is 35.5 Å². The quantitative estimate of drug-likeness (QED) is 0.152. The van der Waals surface area contributed by atoms with E-state index in [2.05, 4.69) is 5.32 Å². The molecule has 4 rings (SSSR count). The maximum absolute atomic E-state index is 11.9. The molecule has 15 nitrogen and oxygen atoms in total. The van der Waals surface area contributed by atoms with Gasteiger partial charge in [0.1, 0.15) is 42.1 Å². The summed E-state index contributed by atoms with van der Waals surface area (Å²) in [6.45, 7) is -0.693. The fourth-order valence-electron chi connectivity index (χ4n) is 4.57.